The number of alkyl halides is 3. The number of rotatable bonds is 5. The molecule has 1 aromatic carbocycles. The number of benzene rings is 1. The van der Waals surface area contributed by atoms with E-state index >= 15 is 0 Å². The molecule has 3 rings (SSSR count). The van der Waals surface area contributed by atoms with Crippen LogP contribution in [0.5, 0.6) is 0 Å². The zero-order valence-electron chi connectivity index (χ0n) is 12.6. The molecule has 2 aromatic rings. The first-order valence-electron chi connectivity index (χ1n) is 7.55. The minimum absolute atomic E-state index is 0.0151. The Balaban J connectivity index is 1.86. The van der Waals surface area contributed by atoms with Crippen molar-refractivity contribution in [2.75, 3.05) is 11.9 Å². The minimum Gasteiger partial charge on any atom is -0.382 e. The predicted molar refractivity (Wildman–Crippen MR) is 85.7 cm³/mol. The van der Waals surface area contributed by atoms with E-state index in [0.717, 1.165) is 29.2 Å². The van der Waals surface area contributed by atoms with Crippen LogP contribution < -0.4 is 10.9 Å². The summed E-state index contributed by atoms with van der Waals surface area (Å²) in [5.41, 5.74) is -1.10. The standard InChI is InChI=1S/C16H15ClF3N3O/c17-14-13(21-7-6-10-4-5-10)9-22-23(15(14)24)12-3-1-2-11(8-12)16(18,19)20/h1-3,8-10,21H,4-7H2. The van der Waals surface area contributed by atoms with E-state index in [2.05, 4.69) is 10.4 Å². The monoisotopic (exact) mass is 357 g/mol. The van der Waals surface area contributed by atoms with Crippen molar-refractivity contribution in [2.24, 2.45) is 5.92 Å². The molecule has 0 aliphatic heterocycles. The first-order chi connectivity index (χ1) is 11.4. The molecule has 0 spiro atoms. The van der Waals surface area contributed by atoms with Gasteiger partial charge in [-0.1, -0.05) is 30.5 Å². The smallest absolute Gasteiger partial charge is 0.382 e. The zero-order valence-corrected chi connectivity index (χ0v) is 13.4. The largest absolute Gasteiger partial charge is 0.416 e. The molecule has 0 bridgehead atoms. The molecule has 8 heteroatoms. The van der Waals surface area contributed by atoms with Crippen LogP contribution in [-0.2, 0) is 6.18 Å². The highest BCUT2D eigenvalue weighted by Crippen LogP contribution is 2.32. The van der Waals surface area contributed by atoms with Gasteiger partial charge >= 0.3 is 6.18 Å². The topological polar surface area (TPSA) is 46.9 Å². The second-order valence-corrected chi connectivity index (χ2v) is 6.17. The Kier molecular flexibility index (Phi) is 4.54. The van der Waals surface area contributed by atoms with Crippen LogP contribution in [0.3, 0.4) is 0 Å². The van der Waals surface area contributed by atoms with Crippen LogP contribution in [0.25, 0.3) is 5.69 Å². The van der Waals surface area contributed by atoms with Crippen molar-refractivity contribution in [1.29, 1.82) is 0 Å². The highest BCUT2D eigenvalue weighted by atomic mass is 35.5. The van der Waals surface area contributed by atoms with E-state index in [0.29, 0.717) is 12.2 Å². The fraction of sp³-hybridized carbons (Fsp3) is 0.375. The number of nitrogens with zero attached hydrogens (tertiary/aromatic N) is 2. The van der Waals surface area contributed by atoms with Crippen molar-refractivity contribution < 1.29 is 13.2 Å². The number of nitrogens with one attached hydrogen (secondary N) is 1. The molecule has 128 valence electrons. The summed E-state index contributed by atoms with van der Waals surface area (Å²) in [5.74, 6) is 0.731. The summed E-state index contributed by atoms with van der Waals surface area (Å²) in [7, 11) is 0. The molecule has 0 radical (unpaired) electrons. The molecular formula is C16H15ClF3N3O. The fourth-order valence-electron chi connectivity index (χ4n) is 2.37. The zero-order chi connectivity index (χ0) is 17.3. The third kappa shape index (κ3) is 3.72. The van der Waals surface area contributed by atoms with Crippen LogP contribution in [0.1, 0.15) is 24.8 Å². The van der Waals surface area contributed by atoms with Gasteiger partial charge in [-0.3, -0.25) is 4.79 Å². The van der Waals surface area contributed by atoms with E-state index in [1.165, 1.54) is 31.2 Å². The first kappa shape index (κ1) is 16.8. The van der Waals surface area contributed by atoms with E-state index in [-0.39, 0.29) is 10.7 Å². The summed E-state index contributed by atoms with van der Waals surface area (Å²) < 4.78 is 39.2. The Labute approximate surface area is 141 Å². The van der Waals surface area contributed by atoms with Gasteiger partial charge in [0, 0.05) is 6.54 Å². The number of halogens is 4. The van der Waals surface area contributed by atoms with Crippen LogP contribution in [0.4, 0.5) is 18.9 Å². The predicted octanol–water partition coefficient (Wildman–Crippen LogP) is 4.12. The highest BCUT2D eigenvalue weighted by Gasteiger charge is 2.30. The van der Waals surface area contributed by atoms with Crippen LogP contribution in [-0.4, -0.2) is 16.3 Å². The summed E-state index contributed by atoms with van der Waals surface area (Å²) in [4.78, 5) is 12.3. The Morgan fingerprint density at radius 1 is 1.33 bits per heavy atom. The number of hydrogen-bond donors (Lipinski definition) is 1. The van der Waals surface area contributed by atoms with Crippen molar-refractivity contribution in [2.45, 2.75) is 25.4 Å². The first-order valence-corrected chi connectivity index (χ1v) is 7.93. The van der Waals surface area contributed by atoms with Crippen molar-refractivity contribution in [3.63, 3.8) is 0 Å². The van der Waals surface area contributed by atoms with Crippen molar-refractivity contribution in [3.8, 4) is 5.69 Å². The van der Waals surface area contributed by atoms with Gasteiger partial charge in [0.15, 0.2) is 0 Å². The van der Waals surface area contributed by atoms with Crippen LogP contribution in [0.2, 0.25) is 5.02 Å². The quantitative estimate of drug-likeness (QED) is 0.875. The van der Waals surface area contributed by atoms with E-state index in [1.54, 1.807) is 0 Å². The second kappa shape index (κ2) is 6.47. The Bertz CT molecular complexity index is 800. The van der Waals surface area contributed by atoms with Gasteiger partial charge in [0.05, 0.1) is 23.1 Å². The number of aromatic nitrogens is 2. The third-order valence-electron chi connectivity index (χ3n) is 3.90. The van der Waals surface area contributed by atoms with Gasteiger partial charge in [-0.05, 0) is 30.5 Å². The van der Waals surface area contributed by atoms with Gasteiger partial charge in [-0.15, -0.1) is 0 Å². The van der Waals surface area contributed by atoms with Crippen molar-refractivity contribution >= 4 is 17.3 Å². The van der Waals surface area contributed by atoms with E-state index in [1.807, 2.05) is 0 Å². The van der Waals surface area contributed by atoms with Crippen LogP contribution in [0, 0.1) is 5.92 Å². The van der Waals surface area contributed by atoms with Gasteiger partial charge in [0.2, 0.25) is 0 Å². The molecule has 1 aliphatic rings. The molecule has 1 heterocycles. The molecule has 1 aromatic heterocycles. The molecule has 1 N–H and O–H groups in total. The van der Waals surface area contributed by atoms with Gasteiger partial charge in [0.1, 0.15) is 5.02 Å². The van der Waals surface area contributed by atoms with Crippen LogP contribution in [0.15, 0.2) is 35.3 Å². The summed E-state index contributed by atoms with van der Waals surface area (Å²) in [5, 5.41) is 6.90. The van der Waals surface area contributed by atoms with Gasteiger partial charge in [0.25, 0.3) is 5.56 Å². The third-order valence-corrected chi connectivity index (χ3v) is 4.27. The van der Waals surface area contributed by atoms with Crippen molar-refractivity contribution in [1.82, 2.24) is 9.78 Å². The molecule has 0 unspecified atom stereocenters. The summed E-state index contributed by atoms with van der Waals surface area (Å²) in [6.45, 7) is 0.680. The molecule has 0 atom stereocenters. The lowest BCUT2D eigenvalue weighted by molar-refractivity contribution is -0.137. The van der Waals surface area contributed by atoms with Gasteiger partial charge in [-0.2, -0.15) is 23.0 Å². The lowest BCUT2D eigenvalue weighted by Gasteiger charge is -2.12. The Hall–Kier alpha value is -2.02. The highest BCUT2D eigenvalue weighted by molar-refractivity contribution is 6.32. The normalized spacial score (nSPS) is 14.7. The molecular weight excluding hydrogens is 343 g/mol. The van der Waals surface area contributed by atoms with E-state index in [9.17, 15) is 18.0 Å². The molecule has 4 nitrogen and oxygen atoms in total. The maximum absolute atomic E-state index is 12.8. The maximum Gasteiger partial charge on any atom is 0.416 e. The number of anilines is 1. The summed E-state index contributed by atoms with van der Waals surface area (Å²) in [6, 6.07) is 4.40. The summed E-state index contributed by atoms with van der Waals surface area (Å²) >= 11 is 6.05. The number of hydrogen-bond acceptors (Lipinski definition) is 3. The molecule has 1 aliphatic carbocycles. The molecule has 1 fully saturated rings. The van der Waals surface area contributed by atoms with E-state index in [4.69, 9.17) is 11.6 Å². The molecule has 1 saturated carbocycles. The molecule has 0 saturated heterocycles. The Morgan fingerprint density at radius 2 is 2.08 bits per heavy atom. The van der Waals surface area contributed by atoms with Gasteiger partial charge in [-0.25, -0.2) is 0 Å². The average molecular weight is 358 g/mol. The lowest BCUT2D eigenvalue weighted by atomic mass is 10.2. The van der Waals surface area contributed by atoms with E-state index < -0.39 is 17.3 Å². The summed E-state index contributed by atoms with van der Waals surface area (Å²) in [6.07, 6.45) is 0.313. The molecule has 24 heavy (non-hydrogen) atoms. The Morgan fingerprint density at radius 3 is 2.75 bits per heavy atom. The second-order valence-electron chi connectivity index (χ2n) is 5.80. The van der Waals surface area contributed by atoms with Crippen molar-refractivity contribution in [3.05, 3.63) is 51.4 Å². The van der Waals surface area contributed by atoms with Gasteiger partial charge < -0.3 is 5.32 Å². The van der Waals surface area contributed by atoms with Crippen LogP contribution >= 0.6 is 11.6 Å². The fourth-order valence-corrected chi connectivity index (χ4v) is 2.57. The molecule has 0 amide bonds. The maximum atomic E-state index is 12.8. The lowest BCUT2D eigenvalue weighted by Crippen LogP contribution is -2.23. The minimum atomic E-state index is -4.49. The SMILES string of the molecule is O=c1c(Cl)c(NCCC2CC2)cnn1-c1cccc(C(F)(F)F)c1. The average Bonchev–Trinajstić information content (AvgIpc) is 3.35.